The van der Waals surface area contributed by atoms with Gasteiger partial charge in [-0.25, -0.2) is 13.8 Å². The molecule has 1 aliphatic heterocycles. The van der Waals surface area contributed by atoms with Gasteiger partial charge in [0, 0.05) is 20.1 Å². The van der Waals surface area contributed by atoms with Gasteiger partial charge in [0.25, 0.3) is 5.91 Å². The Morgan fingerprint density at radius 2 is 1.90 bits per heavy atom. The highest BCUT2D eigenvalue weighted by Gasteiger charge is 2.35. The first-order chi connectivity index (χ1) is 14.5. The molecule has 3 rings (SSSR count). The Labute approximate surface area is 180 Å². The lowest BCUT2D eigenvalue weighted by Gasteiger charge is -2.29. The van der Waals surface area contributed by atoms with E-state index < -0.39 is 29.0 Å². The number of carbonyl (C=O) groups excluding carboxylic acids is 2. The molecule has 9 heteroatoms. The van der Waals surface area contributed by atoms with Crippen LogP contribution in [0.25, 0.3) is 11.4 Å². The first-order valence-corrected chi connectivity index (χ1v) is 10.3. The molecule has 31 heavy (non-hydrogen) atoms. The van der Waals surface area contributed by atoms with Crippen molar-refractivity contribution in [1.82, 2.24) is 25.1 Å². The van der Waals surface area contributed by atoms with Crippen LogP contribution in [-0.2, 0) is 17.9 Å². The molecule has 2 heterocycles. The second-order valence-electron chi connectivity index (χ2n) is 8.98. The number of imidazole rings is 1. The summed E-state index contributed by atoms with van der Waals surface area (Å²) < 4.78 is 30.2. The largest absolute Gasteiger partial charge is 0.357 e. The first-order valence-electron chi connectivity index (χ1n) is 10.3. The zero-order valence-electron chi connectivity index (χ0n) is 18.6. The fourth-order valence-electron chi connectivity index (χ4n) is 3.80. The van der Waals surface area contributed by atoms with Crippen molar-refractivity contribution in [3.05, 3.63) is 41.2 Å². The van der Waals surface area contributed by atoms with Gasteiger partial charge in [-0.15, -0.1) is 0 Å². The van der Waals surface area contributed by atoms with Gasteiger partial charge >= 0.3 is 0 Å². The standard InChI is InChI=1S/C22H29F2N5O2/c1-22(2,3)18(21(31)25-4)27-20(30)17-16-12-28(5)9-6-10-29(16)19(26-17)14-11-13(23)7-8-15(14)24/h7-8,11,18H,6,9-10,12H2,1-5H3,(H,25,31)(H,27,30)/t18-/m1/s1. The minimum absolute atomic E-state index is 0.00326. The Hall–Kier alpha value is -2.81. The van der Waals surface area contributed by atoms with E-state index in [-0.39, 0.29) is 23.0 Å². The number of likely N-dealkylation sites (N-methyl/N-ethyl adjacent to an activating group) is 1. The summed E-state index contributed by atoms with van der Waals surface area (Å²) in [4.78, 5) is 32.1. The molecule has 0 unspecified atom stereocenters. The van der Waals surface area contributed by atoms with Gasteiger partial charge in [0.1, 0.15) is 23.5 Å². The van der Waals surface area contributed by atoms with Crippen LogP contribution in [-0.4, -0.2) is 52.9 Å². The molecule has 0 saturated carbocycles. The van der Waals surface area contributed by atoms with E-state index in [1.807, 2.05) is 32.7 Å². The number of hydrogen-bond donors (Lipinski definition) is 2. The number of benzene rings is 1. The molecule has 0 radical (unpaired) electrons. The Morgan fingerprint density at radius 1 is 1.19 bits per heavy atom. The molecule has 0 fully saturated rings. The average molecular weight is 434 g/mol. The van der Waals surface area contributed by atoms with Crippen LogP contribution >= 0.6 is 0 Å². The van der Waals surface area contributed by atoms with E-state index in [9.17, 15) is 18.4 Å². The summed E-state index contributed by atoms with van der Waals surface area (Å²) in [6.07, 6.45) is 0.772. The van der Waals surface area contributed by atoms with Crippen molar-refractivity contribution in [2.45, 2.75) is 46.3 Å². The Balaban J connectivity index is 2.10. The summed E-state index contributed by atoms with van der Waals surface area (Å²) in [5.74, 6) is -1.83. The summed E-state index contributed by atoms with van der Waals surface area (Å²) in [5, 5.41) is 5.36. The van der Waals surface area contributed by atoms with Crippen LogP contribution in [0.4, 0.5) is 8.78 Å². The highest BCUT2D eigenvalue weighted by Crippen LogP contribution is 2.29. The molecule has 7 nitrogen and oxygen atoms in total. The number of aromatic nitrogens is 2. The number of rotatable bonds is 4. The number of carbonyl (C=O) groups is 2. The fraction of sp³-hybridized carbons (Fsp3) is 0.500. The lowest BCUT2D eigenvalue weighted by molar-refractivity contribution is -0.124. The van der Waals surface area contributed by atoms with Crippen molar-refractivity contribution in [3.63, 3.8) is 0 Å². The first kappa shape index (κ1) is 22.9. The predicted octanol–water partition coefficient (Wildman–Crippen LogP) is 2.55. The summed E-state index contributed by atoms with van der Waals surface area (Å²) in [6, 6.07) is 2.39. The highest BCUT2D eigenvalue weighted by molar-refractivity contribution is 5.97. The molecule has 1 atom stereocenters. The molecule has 0 saturated heterocycles. The number of halogens is 2. The topological polar surface area (TPSA) is 79.3 Å². The highest BCUT2D eigenvalue weighted by atomic mass is 19.1. The van der Waals surface area contributed by atoms with Crippen LogP contribution in [0.5, 0.6) is 0 Å². The number of amides is 2. The second-order valence-corrected chi connectivity index (χ2v) is 8.98. The van der Waals surface area contributed by atoms with Crippen LogP contribution in [0, 0.1) is 17.0 Å². The second kappa shape index (κ2) is 8.74. The third kappa shape index (κ3) is 4.76. The van der Waals surface area contributed by atoms with Crippen LogP contribution in [0.15, 0.2) is 18.2 Å². The fourth-order valence-corrected chi connectivity index (χ4v) is 3.80. The van der Waals surface area contributed by atoms with Crippen molar-refractivity contribution in [2.75, 3.05) is 20.6 Å². The molecule has 2 amide bonds. The van der Waals surface area contributed by atoms with Crippen molar-refractivity contribution >= 4 is 11.8 Å². The molecule has 0 aliphatic carbocycles. The van der Waals surface area contributed by atoms with E-state index in [0.717, 1.165) is 31.2 Å². The maximum atomic E-state index is 14.5. The summed E-state index contributed by atoms with van der Waals surface area (Å²) in [5.41, 5.74) is 0.190. The van der Waals surface area contributed by atoms with Gasteiger partial charge in [-0.2, -0.15) is 0 Å². The van der Waals surface area contributed by atoms with E-state index in [1.165, 1.54) is 7.05 Å². The van der Waals surface area contributed by atoms with Crippen LogP contribution < -0.4 is 10.6 Å². The van der Waals surface area contributed by atoms with E-state index in [2.05, 4.69) is 15.6 Å². The zero-order valence-corrected chi connectivity index (χ0v) is 18.6. The summed E-state index contributed by atoms with van der Waals surface area (Å²) >= 11 is 0. The Morgan fingerprint density at radius 3 is 2.55 bits per heavy atom. The number of nitrogens with zero attached hydrogens (tertiary/aromatic N) is 3. The van der Waals surface area contributed by atoms with Crippen molar-refractivity contribution in [2.24, 2.45) is 5.41 Å². The summed E-state index contributed by atoms with van der Waals surface area (Å²) in [7, 11) is 3.44. The maximum Gasteiger partial charge on any atom is 0.272 e. The average Bonchev–Trinajstić information content (AvgIpc) is 2.92. The van der Waals surface area contributed by atoms with Gasteiger partial charge in [0.15, 0.2) is 5.69 Å². The smallest absolute Gasteiger partial charge is 0.272 e. The minimum atomic E-state index is -0.791. The third-order valence-corrected chi connectivity index (χ3v) is 5.45. The number of hydrogen-bond acceptors (Lipinski definition) is 4. The maximum absolute atomic E-state index is 14.5. The molecule has 0 spiro atoms. The molecular weight excluding hydrogens is 404 g/mol. The van der Waals surface area contributed by atoms with Gasteiger partial charge in [0.2, 0.25) is 5.91 Å². The van der Waals surface area contributed by atoms with Crippen molar-refractivity contribution in [1.29, 1.82) is 0 Å². The SMILES string of the molecule is CNC(=O)[C@@H](NC(=O)c1nc(-c2cc(F)ccc2F)n2c1CN(C)CCC2)C(C)(C)C. The molecule has 0 bridgehead atoms. The predicted molar refractivity (Wildman–Crippen MR) is 113 cm³/mol. The zero-order chi connectivity index (χ0) is 22.9. The molecule has 1 aliphatic rings. The minimum Gasteiger partial charge on any atom is -0.357 e. The van der Waals surface area contributed by atoms with Crippen LogP contribution in [0.3, 0.4) is 0 Å². The molecule has 168 valence electrons. The van der Waals surface area contributed by atoms with Gasteiger partial charge in [-0.05, 0) is 43.6 Å². The third-order valence-electron chi connectivity index (χ3n) is 5.45. The molecular formula is C22H29F2N5O2. The van der Waals surface area contributed by atoms with Crippen molar-refractivity contribution < 1.29 is 18.4 Å². The van der Waals surface area contributed by atoms with Gasteiger partial charge < -0.3 is 20.1 Å². The molecule has 2 N–H and O–H groups in total. The number of nitrogens with one attached hydrogen (secondary N) is 2. The van der Waals surface area contributed by atoms with Gasteiger partial charge in [-0.3, -0.25) is 9.59 Å². The normalized spacial score (nSPS) is 15.7. The number of fused-ring (bicyclic) bond motifs is 1. The van der Waals surface area contributed by atoms with Crippen LogP contribution in [0.2, 0.25) is 0 Å². The Bertz CT molecular complexity index is 997. The van der Waals surface area contributed by atoms with E-state index >= 15 is 0 Å². The van der Waals surface area contributed by atoms with Gasteiger partial charge in [0.05, 0.1) is 11.3 Å². The molecule has 1 aromatic heterocycles. The van der Waals surface area contributed by atoms with E-state index in [4.69, 9.17) is 0 Å². The lowest BCUT2D eigenvalue weighted by atomic mass is 9.86. The van der Waals surface area contributed by atoms with E-state index in [0.29, 0.717) is 18.8 Å². The van der Waals surface area contributed by atoms with Crippen LogP contribution in [0.1, 0.15) is 43.4 Å². The monoisotopic (exact) mass is 433 g/mol. The molecule has 1 aromatic carbocycles. The lowest BCUT2D eigenvalue weighted by Crippen LogP contribution is -2.53. The molecule has 2 aromatic rings. The van der Waals surface area contributed by atoms with E-state index in [1.54, 1.807) is 4.57 Å². The van der Waals surface area contributed by atoms with Gasteiger partial charge in [-0.1, -0.05) is 20.8 Å². The summed E-state index contributed by atoms with van der Waals surface area (Å²) in [6.45, 7) is 7.28. The Kier molecular flexibility index (Phi) is 6.45. The van der Waals surface area contributed by atoms with Crippen molar-refractivity contribution in [3.8, 4) is 11.4 Å². The quantitative estimate of drug-likeness (QED) is 0.777.